The minimum Gasteiger partial charge on any atom is -0.497 e. The van der Waals surface area contributed by atoms with Crippen molar-refractivity contribution < 1.29 is 23.5 Å². The van der Waals surface area contributed by atoms with E-state index in [0.717, 1.165) is 11.3 Å². The second kappa shape index (κ2) is 9.60. The van der Waals surface area contributed by atoms with Crippen LogP contribution >= 0.6 is 0 Å². The third kappa shape index (κ3) is 4.46. The summed E-state index contributed by atoms with van der Waals surface area (Å²) in [6, 6.07) is 18.0. The van der Waals surface area contributed by atoms with Gasteiger partial charge in [-0.2, -0.15) is 0 Å². The molecule has 1 N–H and O–H groups in total. The van der Waals surface area contributed by atoms with Gasteiger partial charge in [0.15, 0.2) is 0 Å². The highest BCUT2D eigenvalue weighted by Gasteiger charge is 2.41. The van der Waals surface area contributed by atoms with Gasteiger partial charge in [0, 0.05) is 12.1 Å². The topological polar surface area (TPSA) is 81.0 Å². The van der Waals surface area contributed by atoms with Crippen molar-refractivity contribution in [2.75, 3.05) is 19.1 Å². The van der Waals surface area contributed by atoms with Gasteiger partial charge < -0.3 is 24.1 Å². The molecule has 2 aromatic carbocycles. The Morgan fingerprint density at radius 3 is 2.28 bits per heavy atom. The first-order chi connectivity index (χ1) is 15.6. The van der Waals surface area contributed by atoms with Gasteiger partial charge in [-0.3, -0.25) is 9.59 Å². The van der Waals surface area contributed by atoms with Crippen molar-refractivity contribution in [1.82, 2.24) is 5.32 Å². The quantitative estimate of drug-likeness (QED) is 0.606. The number of carbonyl (C=O) groups excluding carboxylic acids is 2. The Morgan fingerprint density at radius 1 is 1.03 bits per heavy atom. The van der Waals surface area contributed by atoms with Crippen LogP contribution in [0, 0.1) is 5.92 Å². The third-order valence-electron chi connectivity index (χ3n) is 5.76. The molecule has 1 fully saturated rings. The van der Waals surface area contributed by atoms with Gasteiger partial charge in [-0.15, -0.1) is 0 Å². The van der Waals surface area contributed by atoms with Crippen molar-refractivity contribution in [3.05, 3.63) is 78.3 Å². The van der Waals surface area contributed by atoms with Crippen LogP contribution in [-0.4, -0.2) is 26.0 Å². The number of methoxy groups -OCH3 is 2. The fraction of sp³-hybridized carbons (Fsp3) is 0.280. The number of hydrogen-bond donors (Lipinski definition) is 1. The molecule has 0 spiro atoms. The molecule has 1 aliphatic rings. The van der Waals surface area contributed by atoms with E-state index in [4.69, 9.17) is 13.9 Å². The molecule has 0 bridgehead atoms. The minimum atomic E-state index is -0.452. The number of hydrogen-bond acceptors (Lipinski definition) is 5. The lowest BCUT2D eigenvalue weighted by molar-refractivity contribution is -0.129. The van der Waals surface area contributed by atoms with Crippen LogP contribution in [0.15, 0.2) is 71.3 Å². The first-order valence-corrected chi connectivity index (χ1v) is 10.5. The second-order valence-electron chi connectivity index (χ2n) is 7.62. The molecule has 1 saturated heterocycles. The summed E-state index contributed by atoms with van der Waals surface area (Å²) in [7, 11) is 3.20. The second-order valence-corrected chi connectivity index (χ2v) is 7.62. The fourth-order valence-corrected chi connectivity index (χ4v) is 4.12. The van der Waals surface area contributed by atoms with Gasteiger partial charge in [-0.25, -0.2) is 0 Å². The fourth-order valence-electron chi connectivity index (χ4n) is 4.12. The predicted molar refractivity (Wildman–Crippen MR) is 119 cm³/mol. The monoisotopic (exact) mass is 434 g/mol. The lowest BCUT2D eigenvalue weighted by Gasteiger charge is -2.41. The lowest BCUT2D eigenvalue weighted by Crippen LogP contribution is -2.48. The molecule has 1 aromatic heterocycles. The average molecular weight is 434 g/mol. The first-order valence-electron chi connectivity index (χ1n) is 10.5. The Morgan fingerprint density at radius 2 is 1.69 bits per heavy atom. The maximum atomic E-state index is 13.2. The number of nitrogens with one attached hydrogen (secondary N) is 1. The average Bonchev–Trinajstić information content (AvgIpc) is 3.36. The van der Waals surface area contributed by atoms with Crippen LogP contribution in [0.5, 0.6) is 11.5 Å². The Bertz CT molecular complexity index is 1040. The molecule has 0 aliphatic carbocycles. The highest BCUT2D eigenvalue weighted by Crippen LogP contribution is 2.41. The van der Waals surface area contributed by atoms with E-state index in [1.165, 1.54) is 0 Å². The van der Waals surface area contributed by atoms with E-state index >= 15 is 0 Å². The number of nitrogens with zero attached hydrogens (tertiary/aromatic N) is 1. The van der Waals surface area contributed by atoms with Gasteiger partial charge >= 0.3 is 0 Å². The van der Waals surface area contributed by atoms with E-state index in [9.17, 15) is 9.59 Å². The summed E-state index contributed by atoms with van der Waals surface area (Å²) in [6.07, 6.45) is 2.33. The zero-order valence-electron chi connectivity index (χ0n) is 18.1. The zero-order valence-corrected chi connectivity index (χ0v) is 18.1. The molecule has 0 saturated carbocycles. The van der Waals surface area contributed by atoms with Crippen molar-refractivity contribution in [2.45, 2.75) is 25.4 Å². The number of amides is 2. The van der Waals surface area contributed by atoms with Crippen LogP contribution in [0.4, 0.5) is 5.69 Å². The molecule has 7 nitrogen and oxygen atoms in total. The number of furan rings is 1. The Kier molecular flexibility index (Phi) is 6.44. The van der Waals surface area contributed by atoms with Crippen molar-refractivity contribution in [2.24, 2.45) is 5.92 Å². The number of carbonyl (C=O) groups is 2. The summed E-state index contributed by atoms with van der Waals surface area (Å²) < 4.78 is 15.9. The van der Waals surface area contributed by atoms with E-state index in [1.807, 2.05) is 54.6 Å². The number of anilines is 1. The van der Waals surface area contributed by atoms with Crippen LogP contribution < -0.4 is 19.7 Å². The largest absolute Gasteiger partial charge is 0.497 e. The molecule has 7 heteroatoms. The summed E-state index contributed by atoms with van der Waals surface area (Å²) in [5.74, 6) is 1.54. The summed E-state index contributed by atoms with van der Waals surface area (Å²) >= 11 is 0. The van der Waals surface area contributed by atoms with Crippen molar-refractivity contribution in [3.8, 4) is 11.5 Å². The van der Waals surface area contributed by atoms with E-state index in [1.54, 1.807) is 31.4 Å². The molecule has 2 atom stereocenters. The molecule has 4 rings (SSSR count). The zero-order chi connectivity index (χ0) is 22.5. The maximum Gasteiger partial charge on any atom is 0.227 e. The first kappa shape index (κ1) is 21.5. The van der Waals surface area contributed by atoms with Crippen LogP contribution in [0.2, 0.25) is 0 Å². The van der Waals surface area contributed by atoms with E-state index in [-0.39, 0.29) is 18.2 Å². The lowest BCUT2D eigenvalue weighted by atomic mass is 9.83. The Hall–Kier alpha value is -3.74. The number of rotatable bonds is 7. The SMILES string of the molecule is COc1ccc([C@H]2[C@H](C(=O)NCc3ccco3)CCC(=O)N2c2ccc(OC)cc2)cc1. The summed E-state index contributed by atoms with van der Waals surface area (Å²) in [4.78, 5) is 28.1. The third-order valence-corrected chi connectivity index (χ3v) is 5.76. The van der Waals surface area contributed by atoms with Crippen LogP contribution in [0.25, 0.3) is 0 Å². The van der Waals surface area contributed by atoms with Gasteiger partial charge in [0.1, 0.15) is 17.3 Å². The molecule has 2 heterocycles. The van der Waals surface area contributed by atoms with Gasteiger partial charge in [-0.05, 0) is 60.5 Å². The molecule has 32 heavy (non-hydrogen) atoms. The van der Waals surface area contributed by atoms with Crippen LogP contribution in [0.3, 0.4) is 0 Å². The Balaban J connectivity index is 1.68. The summed E-state index contributed by atoms with van der Waals surface area (Å²) in [5.41, 5.74) is 1.59. The minimum absolute atomic E-state index is 0.0222. The highest BCUT2D eigenvalue weighted by atomic mass is 16.5. The normalized spacial score (nSPS) is 18.3. The molecule has 0 unspecified atom stereocenters. The van der Waals surface area contributed by atoms with Crippen molar-refractivity contribution >= 4 is 17.5 Å². The van der Waals surface area contributed by atoms with Crippen molar-refractivity contribution in [1.29, 1.82) is 0 Å². The number of piperidine rings is 1. The molecule has 3 aromatic rings. The predicted octanol–water partition coefficient (Wildman–Crippen LogP) is 4.10. The van der Waals surface area contributed by atoms with E-state index in [0.29, 0.717) is 30.2 Å². The van der Waals surface area contributed by atoms with Crippen LogP contribution in [-0.2, 0) is 16.1 Å². The summed E-state index contributed by atoms with van der Waals surface area (Å²) in [5, 5.41) is 2.97. The van der Waals surface area contributed by atoms with E-state index < -0.39 is 12.0 Å². The number of ether oxygens (including phenoxy) is 2. The van der Waals surface area contributed by atoms with Crippen molar-refractivity contribution in [3.63, 3.8) is 0 Å². The van der Waals surface area contributed by atoms with Gasteiger partial charge in [0.2, 0.25) is 11.8 Å². The van der Waals surface area contributed by atoms with E-state index in [2.05, 4.69) is 5.32 Å². The standard InChI is InChI=1S/C25H26N2O5/c1-30-19-9-5-17(6-10-19)24-22(25(29)26-16-21-4-3-15-32-21)13-14-23(28)27(24)18-7-11-20(31-2)12-8-18/h3-12,15,22,24H,13-14,16H2,1-2H3,(H,26,29)/t22-,24+/m1/s1. The molecule has 1 aliphatic heterocycles. The highest BCUT2D eigenvalue weighted by molar-refractivity contribution is 5.97. The molecule has 166 valence electrons. The van der Waals surface area contributed by atoms with Gasteiger partial charge in [0.05, 0.1) is 39.0 Å². The molecule has 0 radical (unpaired) electrons. The smallest absolute Gasteiger partial charge is 0.227 e. The maximum absolute atomic E-state index is 13.2. The van der Waals surface area contributed by atoms with Crippen LogP contribution in [0.1, 0.15) is 30.2 Å². The summed E-state index contributed by atoms with van der Waals surface area (Å²) in [6.45, 7) is 0.300. The molecular formula is C25H26N2O5. The van der Waals surface area contributed by atoms with Gasteiger partial charge in [0.25, 0.3) is 0 Å². The Labute approximate surface area is 186 Å². The molecule has 2 amide bonds. The van der Waals surface area contributed by atoms with Gasteiger partial charge in [-0.1, -0.05) is 12.1 Å². The number of benzene rings is 2. The molecular weight excluding hydrogens is 408 g/mol.